The molecule has 2 heterocycles. The Morgan fingerprint density at radius 2 is 1.88 bits per heavy atom. The lowest BCUT2D eigenvalue weighted by molar-refractivity contribution is -0.116. The number of nitrogens with one attached hydrogen (secondary N) is 1. The van der Waals surface area contributed by atoms with Crippen molar-refractivity contribution in [3.05, 3.63) is 45.9 Å². The fourth-order valence-corrected chi connectivity index (χ4v) is 5.03. The van der Waals surface area contributed by atoms with Gasteiger partial charge >= 0.3 is 0 Å². The summed E-state index contributed by atoms with van der Waals surface area (Å²) in [5, 5.41) is 6.01. The number of carbonyl (C=O) groups is 2. The maximum absolute atomic E-state index is 12.9. The van der Waals surface area contributed by atoms with Crippen molar-refractivity contribution in [1.29, 1.82) is 0 Å². The highest BCUT2D eigenvalue weighted by atomic mass is 32.1. The Hall–Kier alpha value is -2.25. The number of carbonyl (C=O) groups excluding carboxylic acids is 2. The quantitative estimate of drug-likeness (QED) is 0.581. The van der Waals surface area contributed by atoms with Crippen LogP contribution in [0.25, 0.3) is 0 Å². The van der Waals surface area contributed by atoms with Crippen molar-refractivity contribution in [3.63, 3.8) is 0 Å². The number of hydrogen-bond donors (Lipinski definition) is 1. The summed E-state index contributed by atoms with van der Waals surface area (Å²) in [5.74, 6) is 0.630. The molecule has 0 aliphatic carbocycles. The fraction of sp³-hybridized carbons (Fsp3) is 0.593. The van der Waals surface area contributed by atoms with E-state index in [9.17, 15) is 9.59 Å². The van der Waals surface area contributed by atoms with Gasteiger partial charge < -0.3 is 10.2 Å². The van der Waals surface area contributed by atoms with E-state index in [2.05, 4.69) is 29.0 Å². The molecule has 0 bridgehead atoms. The van der Waals surface area contributed by atoms with Crippen LogP contribution in [0.15, 0.2) is 29.8 Å². The number of hydrogen-bond acceptors (Lipinski definition) is 5. The van der Waals surface area contributed by atoms with E-state index in [4.69, 9.17) is 0 Å². The molecule has 1 aliphatic heterocycles. The molecule has 0 fully saturated rings. The summed E-state index contributed by atoms with van der Waals surface area (Å²) in [6.45, 7) is 10.3. The monoisotopic (exact) mass is 484 g/mol. The van der Waals surface area contributed by atoms with Crippen LogP contribution in [0.5, 0.6) is 0 Å². The largest absolute Gasteiger partial charge is 0.352 e. The van der Waals surface area contributed by atoms with Crippen molar-refractivity contribution >= 4 is 28.8 Å². The Labute approximate surface area is 208 Å². The van der Waals surface area contributed by atoms with Crippen LogP contribution < -0.4 is 10.2 Å². The summed E-state index contributed by atoms with van der Waals surface area (Å²) in [6.07, 6.45) is 9.46. The van der Waals surface area contributed by atoms with Crippen molar-refractivity contribution in [2.24, 2.45) is 5.92 Å². The zero-order valence-electron chi connectivity index (χ0n) is 21.0. The lowest BCUT2D eigenvalue weighted by Gasteiger charge is -2.29. The second-order valence-corrected chi connectivity index (χ2v) is 10.7. The van der Waals surface area contributed by atoms with Crippen LogP contribution in [0.2, 0.25) is 0 Å². The van der Waals surface area contributed by atoms with Crippen LogP contribution in [-0.2, 0) is 17.8 Å². The van der Waals surface area contributed by atoms with Gasteiger partial charge in [-0.05, 0) is 62.0 Å². The number of benzene rings is 1. The molecule has 1 aliphatic rings. The molecule has 1 N–H and O–H groups in total. The molecule has 186 valence electrons. The van der Waals surface area contributed by atoms with Gasteiger partial charge in [0, 0.05) is 55.8 Å². The van der Waals surface area contributed by atoms with Crippen LogP contribution in [0.3, 0.4) is 0 Å². The second-order valence-electron chi connectivity index (χ2n) is 9.67. The first-order chi connectivity index (χ1) is 16.4. The van der Waals surface area contributed by atoms with Gasteiger partial charge in [-0.3, -0.25) is 14.5 Å². The van der Waals surface area contributed by atoms with Crippen LogP contribution in [0, 0.1) is 5.92 Å². The molecule has 0 saturated heterocycles. The minimum Gasteiger partial charge on any atom is -0.352 e. The third kappa shape index (κ3) is 8.20. The lowest BCUT2D eigenvalue weighted by Crippen LogP contribution is -2.33. The molecule has 0 atom stereocenters. The van der Waals surface area contributed by atoms with Crippen molar-refractivity contribution in [3.8, 4) is 0 Å². The number of fused-ring (bicyclic) bond motifs is 1. The standard InChI is InChI=1S/C27H40N4O2S/c1-21(2)12-17-30-15-7-5-4-6-8-16-31(22(3)32)25-10-9-23(19-24(25)20-30)27(33)29-13-11-26-28-14-18-34-26/h9-10,14,18-19,21H,4-8,11-13,15-17,20H2,1-3H3,(H,29,33). The normalized spacial score (nSPS) is 15.9. The van der Waals surface area contributed by atoms with Gasteiger partial charge in [-0.25, -0.2) is 4.98 Å². The SMILES string of the molecule is CC(=O)N1CCCCCCCN(CCC(C)C)Cc2cc(C(=O)NCCc3nccs3)ccc21. The lowest BCUT2D eigenvalue weighted by atomic mass is 10.0. The smallest absolute Gasteiger partial charge is 0.251 e. The molecule has 2 aromatic rings. The minimum atomic E-state index is -0.0754. The van der Waals surface area contributed by atoms with E-state index < -0.39 is 0 Å². The average Bonchev–Trinajstić information content (AvgIpc) is 3.31. The maximum Gasteiger partial charge on any atom is 0.251 e. The van der Waals surface area contributed by atoms with Crippen LogP contribution >= 0.6 is 11.3 Å². The topological polar surface area (TPSA) is 65.5 Å². The predicted octanol–water partition coefficient (Wildman–Crippen LogP) is 5.28. The Morgan fingerprint density at radius 1 is 1.12 bits per heavy atom. The van der Waals surface area contributed by atoms with Gasteiger partial charge in [0.15, 0.2) is 0 Å². The summed E-state index contributed by atoms with van der Waals surface area (Å²) >= 11 is 1.60. The van der Waals surface area contributed by atoms with Gasteiger partial charge in [0.2, 0.25) is 5.91 Å². The Balaban J connectivity index is 1.82. The first-order valence-electron chi connectivity index (χ1n) is 12.7. The van der Waals surface area contributed by atoms with E-state index in [0.29, 0.717) is 18.0 Å². The second kappa shape index (κ2) is 13.6. The highest BCUT2D eigenvalue weighted by Crippen LogP contribution is 2.26. The van der Waals surface area contributed by atoms with E-state index in [1.807, 2.05) is 28.5 Å². The van der Waals surface area contributed by atoms with E-state index >= 15 is 0 Å². The molecule has 0 radical (unpaired) electrons. The summed E-state index contributed by atoms with van der Waals surface area (Å²) < 4.78 is 0. The molecular formula is C27H40N4O2S. The van der Waals surface area contributed by atoms with E-state index in [1.54, 1.807) is 24.5 Å². The van der Waals surface area contributed by atoms with Crippen molar-refractivity contribution < 1.29 is 9.59 Å². The molecule has 1 aromatic heterocycles. The first-order valence-corrected chi connectivity index (χ1v) is 13.6. The molecular weight excluding hydrogens is 444 g/mol. The van der Waals surface area contributed by atoms with Gasteiger partial charge in [-0.1, -0.05) is 33.1 Å². The van der Waals surface area contributed by atoms with Crippen LogP contribution in [-0.4, -0.2) is 47.9 Å². The molecule has 34 heavy (non-hydrogen) atoms. The Kier molecular flexibility index (Phi) is 10.5. The van der Waals surface area contributed by atoms with E-state index in [0.717, 1.165) is 68.1 Å². The Morgan fingerprint density at radius 3 is 2.59 bits per heavy atom. The third-order valence-corrected chi connectivity index (χ3v) is 7.23. The highest BCUT2D eigenvalue weighted by molar-refractivity contribution is 7.09. The van der Waals surface area contributed by atoms with Crippen molar-refractivity contribution in [2.45, 2.75) is 72.3 Å². The first kappa shape index (κ1) is 26.4. The van der Waals surface area contributed by atoms with Gasteiger partial charge in [-0.2, -0.15) is 0 Å². The minimum absolute atomic E-state index is 0.0627. The molecule has 0 unspecified atom stereocenters. The summed E-state index contributed by atoms with van der Waals surface area (Å²) in [6, 6.07) is 5.83. The van der Waals surface area contributed by atoms with Crippen LogP contribution in [0.1, 0.15) is 80.2 Å². The number of aromatic nitrogens is 1. The van der Waals surface area contributed by atoms with Crippen molar-refractivity contribution in [2.75, 3.05) is 31.1 Å². The van der Waals surface area contributed by atoms with Gasteiger partial charge in [0.25, 0.3) is 5.91 Å². The number of amides is 2. The summed E-state index contributed by atoms with van der Waals surface area (Å²) in [4.78, 5) is 34.2. The molecule has 0 saturated carbocycles. The molecule has 0 spiro atoms. The number of thiazole rings is 1. The zero-order chi connectivity index (χ0) is 24.3. The average molecular weight is 485 g/mol. The van der Waals surface area contributed by atoms with Gasteiger partial charge in [0.05, 0.1) is 5.01 Å². The summed E-state index contributed by atoms with van der Waals surface area (Å²) in [7, 11) is 0. The zero-order valence-corrected chi connectivity index (χ0v) is 21.8. The molecule has 6 nitrogen and oxygen atoms in total. The number of rotatable bonds is 7. The molecule has 7 heteroatoms. The van der Waals surface area contributed by atoms with Crippen LogP contribution in [0.4, 0.5) is 5.69 Å². The highest BCUT2D eigenvalue weighted by Gasteiger charge is 2.20. The van der Waals surface area contributed by atoms with E-state index in [-0.39, 0.29) is 11.8 Å². The van der Waals surface area contributed by atoms with Gasteiger partial charge in [-0.15, -0.1) is 11.3 Å². The number of nitrogens with zero attached hydrogens (tertiary/aromatic N) is 3. The Bertz CT molecular complexity index is 913. The van der Waals surface area contributed by atoms with Crippen molar-refractivity contribution in [1.82, 2.24) is 15.2 Å². The van der Waals surface area contributed by atoms with Gasteiger partial charge in [0.1, 0.15) is 0 Å². The molecule has 2 amide bonds. The molecule has 1 aromatic carbocycles. The fourth-order valence-electron chi connectivity index (χ4n) is 4.41. The maximum atomic E-state index is 12.9. The summed E-state index contributed by atoms with van der Waals surface area (Å²) in [5.41, 5.74) is 2.66. The van der Waals surface area contributed by atoms with E-state index in [1.165, 1.54) is 19.3 Å². The molecule has 3 rings (SSSR count). The predicted molar refractivity (Wildman–Crippen MR) is 140 cm³/mol. The third-order valence-electron chi connectivity index (χ3n) is 6.39. The number of anilines is 1.